The zero-order valence-corrected chi connectivity index (χ0v) is 15.1. The third kappa shape index (κ3) is 3.90. The predicted octanol–water partition coefficient (Wildman–Crippen LogP) is 2.88. The Labute approximate surface area is 153 Å². The lowest BCUT2D eigenvalue weighted by molar-refractivity contribution is -0.00686. The quantitative estimate of drug-likeness (QED) is 0.828. The van der Waals surface area contributed by atoms with Crippen molar-refractivity contribution in [3.63, 3.8) is 0 Å². The molecule has 6 heteroatoms. The molecule has 1 aliphatic heterocycles. The van der Waals surface area contributed by atoms with Gasteiger partial charge in [0, 0.05) is 37.6 Å². The van der Waals surface area contributed by atoms with Crippen molar-refractivity contribution in [1.29, 1.82) is 0 Å². The first-order chi connectivity index (χ1) is 12.7. The summed E-state index contributed by atoms with van der Waals surface area (Å²) in [6.07, 6.45) is 9.57. The van der Waals surface area contributed by atoms with E-state index in [9.17, 15) is 4.79 Å². The number of rotatable bonds is 5. The Morgan fingerprint density at radius 2 is 2.19 bits per heavy atom. The smallest absolute Gasteiger partial charge is 0.257 e. The van der Waals surface area contributed by atoms with Gasteiger partial charge in [-0.3, -0.25) is 9.78 Å². The van der Waals surface area contributed by atoms with Crippen molar-refractivity contribution in [1.82, 2.24) is 19.9 Å². The molecule has 0 radical (unpaired) electrons. The minimum absolute atomic E-state index is 0.0134. The van der Waals surface area contributed by atoms with E-state index in [4.69, 9.17) is 4.74 Å². The second kappa shape index (κ2) is 7.50. The molecule has 1 amide bonds. The highest BCUT2D eigenvalue weighted by Crippen LogP contribution is 2.38. The van der Waals surface area contributed by atoms with Crippen LogP contribution in [0.15, 0.2) is 30.7 Å². The molecule has 1 unspecified atom stereocenters. The van der Waals surface area contributed by atoms with Crippen LogP contribution in [0.5, 0.6) is 0 Å². The number of pyridine rings is 1. The van der Waals surface area contributed by atoms with Gasteiger partial charge in [-0.05, 0) is 44.2 Å². The molecule has 26 heavy (non-hydrogen) atoms. The molecule has 1 saturated carbocycles. The molecular formula is C20H24N4O2. The van der Waals surface area contributed by atoms with Crippen LogP contribution in [0.3, 0.4) is 0 Å². The Hall–Kier alpha value is -2.34. The van der Waals surface area contributed by atoms with Crippen LogP contribution in [0.25, 0.3) is 0 Å². The van der Waals surface area contributed by atoms with Gasteiger partial charge in [0.05, 0.1) is 24.0 Å². The first-order valence-electron chi connectivity index (χ1n) is 9.34. The maximum atomic E-state index is 12.9. The van der Waals surface area contributed by atoms with Gasteiger partial charge in [-0.1, -0.05) is 6.07 Å². The van der Waals surface area contributed by atoms with Crippen LogP contribution in [-0.2, 0) is 11.3 Å². The van der Waals surface area contributed by atoms with Crippen LogP contribution in [-0.4, -0.2) is 45.0 Å². The molecule has 3 heterocycles. The second-order valence-electron chi connectivity index (χ2n) is 7.19. The van der Waals surface area contributed by atoms with Crippen LogP contribution in [0.4, 0.5) is 0 Å². The fourth-order valence-corrected chi connectivity index (χ4v) is 3.36. The summed E-state index contributed by atoms with van der Waals surface area (Å²) < 4.78 is 6.01. The van der Waals surface area contributed by atoms with E-state index >= 15 is 0 Å². The maximum absolute atomic E-state index is 12.9. The average molecular weight is 352 g/mol. The number of nitrogens with zero attached hydrogens (tertiary/aromatic N) is 4. The normalized spacial score (nSPS) is 20.2. The largest absolute Gasteiger partial charge is 0.372 e. The molecule has 136 valence electrons. The SMILES string of the molecule is Cc1nc(C2CC2)ncc1C(=O)N1CCCC(OCc2cccnc2)C1. The highest BCUT2D eigenvalue weighted by atomic mass is 16.5. The highest BCUT2D eigenvalue weighted by Gasteiger charge is 2.29. The number of piperidine rings is 1. The summed E-state index contributed by atoms with van der Waals surface area (Å²) in [4.78, 5) is 27.9. The first-order valence-corrected chi connectivity index (χ1v) is 9.34. The van der Waals surface area contributed by atoms with Crippen molar-refractivity contribution >= 4 is 5.91 Å². The molecular weight excluding hydrogens is 328 g/mol. The summed E-state index contributed by atoms with van der Waals surface area (Å²) >= 11 is 0. The molecule has 0 bridgehead atoms. The molecule has 4 rings (SSSR count). The average Bonchev–Trinajstić information content (AvgIpc) is 3.52. The number of aromatic nitrogens is 3. The predicted molar refractivity (Wildman–Crippen MR) is 96.7 cm³/mol. The van der Waals surface area contributed by atoms with Gasteiger partial charge in [0.15, 0.2) is 0 Å². The van der Waals surface area contributed by atoms with Gasteiger partial charge in [0.2, 0.25) is 0 Å². The van der Waals surface area contributed by atoms with E-state index < -0.39 is 0 Å². The van der Waals surface area contributed by atoms with Crippen molar-refractivity contribution in [2.24, 2.45) is 0 Å². The van der Waals surface area contributed by atoms with Crippen molar-refractivity contribution < 1.29 is 9.53 Å². The number of carbonyl (C=O) groups excluding carboxylic acids is 1. The Morgan fingerprint density at radius 3 is 2.92 bits per heavy atom. The van der Waals surface area contributed by atoms with Gasteiger partial charge < -0.3 is 9.64 Å². The van der Waals surface area contributed by atoms with Crippen molar-refractivity contribution in [3.05, 3.63) is 53.4 Å². The minimum atomic E-state index is 0.0134. The number of likely N-dealkylation sites (tertiary alicyclic amines) is 1. The first kappa shape index (κ1) is 17.1. The number of carbonyl (C=O) groups is 1. The lowest BCUT2D eigenvalue weighted by atomic mass is 10.1. The molecule has 1 saturated heterocycles. The highest BCUT2D eigenvalue weighted by molar-refractivity contribution is 5.95. The zero-order valence-electron chi connectivity index (χ0n) is 15.1. The molecule has 6 nitrogen and oxygen atoms in total. The Morgan fingerprint density at radius 1 is 1.31 bits per heavy atom. The van der Waals surface area contributed by atoms with Crippen molar-refractivity contribution in [2.45, 2.75) is 51.2 Å². The van der Waals surface area contributed by atoms with Gasteiger partial charge in [0.1, 0.15) is 5.82 Å². The standard InChI is InChI=1S/C20H24N4O2/c1-14-18(11-22-19(23-14)16-6-7-16)20(25)24-9-3-5-17(12-24)26-13-15-4-2-8-21-10-15/h2,4,8,10-11,16-17H,3,5-7,9,12-13H2,1H3. The summed E-state index contributed by atoms with van der Waals surface area (Å²) in [5, 5.41) is 0. The fourth-order valence-electron chi connectivity index (χ4n) is 3.36. The molecule has 1 aliphatic carbocycles. The summed E-state index contributed by atoms with van der Waals surface area (Å²) in [6, 6.07) is 3.91. The number of aryl methyl sites for hydroxylation is 1. The van der Waals surface area contributed by atoms with E-state index in [1.165, 1.54) is 0 Å². The lowest BCUT2D eigenvalue weighted by Crippen LogP contribution is -2.43. The third-order valence-electron chi connectivity index (χ3n) is 5.04. The van der Waals surface area contributed by atoms with E-state index in [0.717, 1.165) is 49.3 Å². The van der Waals surface area contributed by atoms with Gasteiger partial charge in [-0.2, -0.15) is 0 Å². The number of hydrogen-bond acceptors (Lipinski definition) is 5. The van der Waals surface area contributed by atoms with E-state index in [1.54, 1.807) is 12.4 Å². The van der Waals surface area contributed by atoms with Gasteiger partial charge in [0.25, 0.3) is 5.91 Å². The monoisotopic (exact) mass is 352 g/mol. The van der Waals surface area contributed by atoms with Crippen LogP contribution >= 0.6 is 0 Å². The molecule has 2 aromatic heterocycles. The van der Waals surface area contributed by atoms with Crippen LogP contribution in [0.1, 0.15) is 59.0 Å². The second-order valence-corrected chi connectivity index (χ2v) is 7.19. The minimum Gasteiger partial charge on any atom is -0.372 e. The molecule has 0 N–H and O–H groups in total. The van der Waals surface area contributed by atoms with Crippen LogP contribution in [0, 0.1) is 6.92 Å². The number of hydrogen-bond donors (Lipinski definition) is 0. The number of ether oxygens (including phenoxy) is 1. The van der Waals surface area contributed by atoms with Gasteiger partial charge >= 0.3 is 0 Å². The molecule has 2 aliphatic rings. The Balaban J connectivity index is 1.38. The number of amides is 1. The summed E-state index contributed by atoms with van der Waals surface area (Å²) in [6.45, 7) is 3.80. The van der Waals surface area contributed by atoms with E-state index in [2.05, 4.69) is 15.0 Å². The third-order valence-corrected chi connectivity index (χ3v) is 5.04. The summed E-state index contributed by atoms with van der Waals surface area (Å²) in [5.41, 5.74) is 2.45. The lowest BCUT2D eigenvalue weighted by Gasteiger charge is -2.33. The topological polar surface area (TPSA) is 68.2 Å². The fraction of sp³-hybridized carbons (Fsp3) is 0.500. The van der Waals surface area contributed by atoms with Gasteiger partial charge in [-0.25, -0.2) is 9.97 Å². The Bertz CT molecular complexity index is 777. The van der Waals surface area contributed by atoms with E-state index in [1.807, 2.05) is 30.2 Å². The van der Waals surface area contributed by atoms with Crippen LogP contribution < -0.4 is 0 Å². The zero-order chi connectivity index (χ0) is 17.9. The molecule has 0 spiro atoms. The van der Waals surface area contributed by atoms with E-state index in [0.29, 0.717) is 24.6 Å². The van der Waals surface area contributed by atoms with Crippen LogP contribution in [0.2, 0.25) is 0 Å². The van der Waals surface area contributed by atoms with Crippen molar-refractivity contribution in [2.75, 3.05) is 13.1 Å². The molecule has 0 aromatic carbocycles. The molecule has 2 fully saturated rings. The van der Waals surface area contributed by atoms with Gasteiger partial charge in [-0.15, -0.1) is 0 Å². The molecule has 2 aromatic rings. The van der Waals surface area contributed by atoms with E-state index in [-0.39, 0.29) is 12.0 Å². The maximum Gasteiger partial charge on any atom is 0.257 e. The summed E-state index contributed by atoms with van der Waals surface area (Å²) in [7, 11) is 0. The van der Waals surface area contributed by atoms with Crippen molar-refractivity contribution in [3.8, 4) is 0 Å². The molecule has 1 atom stereocenters. The summed E-state index contributed by atoms with van der Waals surface area (Å²) in [5.74, 6) is 1.40. The Kier molecular flexibility index (Phi) is 4.93.